The average molecular weight is 469 g/mol. The number of amides is 1. The van der Waals surface area contributed by atoms with Gasteiger partial charge in [0.25, 0.3) is 11.5 Å². The topological polar surface area (TPSA) is 122 Å². The number of aryl methyl sites for hydroxylation is 1. The molecule has 0 radical (unpaired) electrons. The predicted molar refractivity (Wildman–Crippen MR) is 122 cm³/mol. The van der Waals surface area contributed by atoms with Gasteiger partial charge >= 0.3 is 0 Å². The number of nitrogens with one attached hydrogen (secondary N) is 1. The molecule has 0 saturated carbocycles. The van der Waals surface area contributed by atoms with Crippen LogP contribution in [-0.4, -0.2) is 46.6 Å². The van der Waals surface area contributed by atoms with Crippen LogP contribution in [0.4, 0.5) is 0 Å². The number of hydrogen-bond donors (Lipinski definition) is 2. The zero-order chi connectivity index (χ0) is 23.6. The summed E-state index contributed by atoms with van der Waals surface area (Å²) in [4.78, 5) is 25.1. The number of sulfonamides is 1. The third-order valence-electron chi connectivity index (χ3n) is 5.45. The van der Waals surface area contributed by atoms with Gasteiger partial charge in [0.2, 0.25) is 10.0 Å². The normalized spacial score (nSPS) is 14.3. The van der Waals surface area contributed by atoms with Gasteiger partial charge in [0.05, 0.1) is 10.6 Å². The van der Waals surface area contributed by atoms with Crippen LogP contribution in [0.3, 0.4) is 0 Å². The molecule has 1 aromatic heterocycles. The molecule has 0 unspecified atom stereocenters. The number of hydrogen-bond acceptors (Lipinski definition) is 6. The molecule has 1 saturated heterocycles. The number of aromatic nitrogens is 2. The van der Waals surface area contributed by atoms with E-state index in [9.17, 15) is 23.1 Å². The molecular formula is C23H24N4O5S. The van der Waals surface area contributed by atoms with Crippen LogP contribution in [0, 0.1) is 6.92 Å². The van der Waals surface area contributed by atoms with E-state index in [1.807, 2.05) is 13.0 Å². The lowest BCUT2D eigenvalue weighted by Gasteiger charge is -2.15. The van der Waals surface area contributed by atoms with Gasteiger partial charge in [0.1, 0.15) is 0 Å². The zero-order valence-electron chi connectivity index (χ0n) is 18.1. The second-order valence-electron chi connectivity index (χ2n) is 7.91. The average Bonchev–Trinajstić information content (AvgIpc) is 3.34. The molecule has 1 aliphatic heterocycles. The van der Waals surface area contributed by atoms with E-state index in [1.165, 1.54) is 16.4 Å². The number of benzene rings is 2. The highest BCUT2D eigenvalue weighted by Gasteiger charge is 2.27. The summed E-state index contributed by atoms with van der Waals surface area (Å²) in [6, 6.07) is 14.3. The highest BCUT2D eigenvalue weighted by molar-refractivity contribution is 7.89. The number of carbonyl (C=O) groups is 1. The smallest absolute Gasteiger partial charge is 0.275 e. The van der Waals surface area contributed by atoms with Crippen molar-refractivity contribution in [2.24, 2.45) is 0 Å². The van der Waals surface area contributed by atoms with Gasteiger partial charge in [0, 0.05) is 25.7 Å². The molecular weight excluding hydrogens is 444 g/mol. The van der Waals surface area contributed by atoms with Crippen molar-refractivity contribution in [3.63, 3.8) is 0 Å². The molecule has 1 fully saturated rings. The maximum Gasteiger partial charge on any atom is 0.275 e. The Labute approximate surface area is 191 Å². The Bertz CT molecular complexity index is 1340. The van der Waals surface area contributed by atoms with Crippen molar-refractivity contribution in [2.75, 3.05) is 13.1 Å². The van der Waals surface area contributed by atoms with Crippen LogP contribution in [0.25, 0.3) is 5.69 Å². The summed E-state index contributed by atoms with van der Waals surface area (Å²) in [6.45, 7) is 3.01. The summed E-state index contributed by atoms with van der Waals surface area (Å²) in [6.07, 6.45) is 1.73. The third-order valence-corrected chi connectivity index (χ3v) is 7.36. The summed E-state index contributed by atoms with van der Waals surface area (Å²) >= 11 is 0. The zero-order valence-corrected chi connectivity index (χ0v) is 18.9. The molecule has 0 aliphatic carbocycles. The Kier molecular flexibility index (Phi) is 6.30. The van der Waals surface area contributed by atoms with Gasteiger partial charge in [-0.1, -0.05) is 24.3 Å². The van der Waals surface area contributed by atoms with Gasteiger partial charge in [-0.3, -0.25) is 9.59 Å². The lowest BCUT2D eigenvalue weighted by atomic mass is 10.2. The third kappa shape index (κ3) is 4.81. The fourth-order valence-electron chi connectivity index (χ4n) is 3.68. The van der Waals surface area contributed by atoms with Gasteiger partial charge in [-0.2, -0.15) is 14.1 Å². The van der Waals surface area contributed by atoms with E-state index in [2.05, 4.69) is 10.4 Å². The van der Waals surface area contributed by atoms with Crippen molar-refractivity contribution in [2.45, 2.75) is 31.2 Å². The van der Waals surface area contributed by atoms with Crippen LogP contribution in [0.2, 0.25) is 0 Å². The molecule has 0 spiro atoms. The first-order valence-electron chi connectivity index (χ1n) is 10.5. The Morgan fingerprint density at radius 2 is 1.79 bits per heavy atom. The molecule has 9 nitrogen and oxygen atoms in total. The van der Waals surface area contributed by atoms with Crippen LogP contribution in [-0.2, 0) is 16.6 Å². The molecule has 10 heteroatoms. The van der Waals surface area contributed by atoms with Crippen LogP contribution >= 0.6 is 0 Å². The second-order valence-corrected chi connectivity index (χ2v) is 9.84. The van der Waals surface area contributed by atoms with Gasteiger partial charge in [-0.05, 0) is 55.2 Å². The van der Waals surface area contributed by atoms with Gasteiger partial charge in [-0.15, -0.1) is 0 Å². The molecule has 172 valence electrons. The second kappa shape index (κ2) is 9.16. The molecule has 0 bridgehead atoms. The minimum absolute atomic E-state index is 0.0908. The molecule has 3 aromatic rings. The maximum absolute atomic E-state index is 12.6. The summed E-state index contributed by atoms with van der Waals surface area (Å²) in [5, 5.41) is 16.8. The van der Waals surface area contributed by atoms with Crippen LogP contribution < -0.4 is 10.9 Å². The number of carbonyl (C=O) groups excluding carboxylic acids is 1. The van der Waals surface area contributed by atoms with Gasteiger partial charge in [-0.25, -0.2) is 8.42 Å². The molecule has 33 heavy (non-hydrogen) atoms. The number of aromatic hydroxyl groups is 1. The SMILES string of the molecule is Cc1cccc(-n2nc(C(=O)NCc3ccc(S(=O)(=O)N4CCCC4)cc3)c(O)cc2=O)c1. The van der Waals surface area contributed by atoms with E-state index >= 15 is 0 Å². The summed E-state index contributed by atoms with van der Waals surface area (Å²) in [5.74, 6) is -1.18. The monoisotopic (exact) mass is 468 g/mol. The van der Waals surface area contributed by atoms with E-state index in [0.717, 1.165) is 29.2 Å². The van der Waals surface area contributed by atoms with Crippen molar-refractivity contribution in [3.8, 4) is 11.4 Å². The van der Waals surface area contributed by atoms with E-state index in [0.29, 0.717) is 24.3 Å². The van der Waals surface area contributed by atoms with Gasteiger partial charge < -0.3 is 10.4 Å². The first-order chi connectivity index (χ1) is 15.8. The summed E-state index contributed by atoms with van der Waals surface area (Å²) in [5.41, 5.74) is 1.21. The maximum atomic E-state index is 12.6. The molecule has 2 N–H and O–H groups in total. The fourth-order valence-corrected chi connectivity index (χ4v) is 5.19. The molecule has 0 atom stereocenters. The molecule has 1 aliphatic rings. The molecule has 2 heterocycles. The standard InChI is InChI=1S/C23H24N4O5S/c1-16-5-4-6-18(13-16)27-21(29)14-20(28)22(25-27)23(30)24-15-17-7-9-19(10-8-17)33(31,32)26-11-2-3-12-26/h4-10,13-14,28H,2-3,11-12,15H2,1H3,(H,24,30). The van der Waals surface area contributed by atoms with Crippen LogP contribution in [0.15, 0.2) is 64.3 Å². The lowest BCUT2D eigenvalue weighted by molar-refractivity contribution is 0.0941. The molecule has 4 rings (SSSR count). The Balaban J connectivity index is 1.49. The van der Waals surface area contributed by atoms with E-state index in [4.69, 9.17) is 0 Å². The van der Waals surface area contributed by atoms with E-state index in [1.54, 1.807) is 30.3 Å². The number of rotatable bonds is 6. The van der Waals surface area contributed by atoms with Crippen molar-refractivity contribution in [1.82, 2.24) is 19.4 Å². The van der Waals surface area contributed by atoms with Crippen molar-refractivity contribution >= 4 is 15.9 Å². The molecule has 2 aromatic carbocycles. The Hall–Kier alpha value is -3.50. The van der Waals surface area contributed by atoms with Gasteiger partial charge in [0.15, 0.2) is 11.4 Å². The highest BCUT2D eigenvalue weighted by Crippen LogP contribution is 2.21. The lowest BCUT2D eigenvalue weighted by Crippen LogP contribution is -2.29. The fraction of sp³-hybridized carbons (Fsp3) is 0.261. The first kappa shape index (κ1) is 22.7. The van der Waals surface area contributed by atoms with E-state index < -0.39 is 27.2 Å². The van der Waals surface area contributed by atoms with Crippen molar-refractivity contribution < 1.29 is 18.3 Å². The summed E-state index contributed by atoms with van der Waals surface area (Å²) < 4.78 is 27.8. The van der Waals surface area contributed by atoms with Crippen LogP contribution in [0.1, 0.15) is 34.5 Å². The Morgan fingerprint density at radius 1 is 1.09 bits per heavy atom. The quantitative estimate of drug-likeness (QED) is 0.570. The predicted octanol–water partition coefficient (Wildman–Crippen LogP) is 1.96. The van der Waals surface area contributed by atoms with E-state index in [-0.39, 0.29) is 17.1 Å². The highest BCUT2D eigenvalue weighted by atomic mass is 32.2. The Morgan fingerprint density at radius 3 is 2.45 bits per heavy atom. The number of nitrogens with zero attached hydrogens (tertiary/aromatic N) is 3. The van der Waals surface area contributed by atoms with Crippen LogP contribution in [0.5, 0.6) is 5.75 Å². The largest absolute Gasteiger partial charge is 0.505 e. The first-order valence-corrected chi connectivity index (χ1v) is 12.0. The molecule has 1 amide bonds. The van der Waals surface area contributed by atoms with Crippen molar-refractivity contribution in [1.29, 1.82) is 0 Å². The minimum Gasteiger partial charge on any atom is -0.505 e. The summed E-state index contributed by atoms with van der Waals surface area (Å²) in [7, 11) is -3.50. The minimum atomic E-state index is -3.50. The van der Waals surface area contributed by atoms with Crippen molar-refractivity contribution in [3.05, 3.63) is 81.8 Å².